The predicted molar refractivity (Wildman–Crippen MR) is 83.7 cm³/mol. The molecular formula is C17H35NO. The molecule has 0 radical (unpaired) electrons. The first-order valence-corrected chi connectivity index (χ1v) is 8.66. The van der Waals surface area contributed by atoms with Gasteiger partial charge in [0.1, 0.15) is 0 Å². The van der Waals surface area contributed by atoms with Gasteiger partial charge in [0, 0.05) is 19.6 Å². The quantitative estimate of drug-likeness (QED) is 0.513. The normalized spacial score (nSPS) is 18.6. The maximum atomic E-state index is 5.45. The van der Waals surface area contributed by atoms with Crippen molar-refractivity contribution in [3.05, 3.63) is 0 Å². The smallest absolute Gasteiger partial charge is 0.0594 e. The molecule has 0 amide bonds. The van der Waals surface area contributed by atoms with Gasteiger partial charge in [0.15, 0.2) is 0 Å². The second kappa shape index (κ2) is 11.7. The Bertz CT molecular complexity index is 190. The molecule has 2 nitrogen and oxygen atoms in total. The van der Waals surface area contributed by atoms with Crippen LogP contribution in [-0.2, 0) is 4.74 Å². The molecule has 0 saturated carbocycles. The van der Waals surface area contributed by atoms with E-state index in [0.717, 1.165) is 32.2 Å². The Hall–Kier alpha value is -0.0800. The fourth-order valence-corrected chi connectivity index (χ4v) is 3.02. The molecule has 1 aliphatic rings. The lowest BCUT2D eigenvalue weighted by atomic mass is 9.94. The largest absolute Gasteiger partial charge is 0.379 e. The Morgan fingerprint density at radius 2 is 1.42 bits per heavy atom. The molecule has 0 aromatic heterocycles. The zero-order chi connectivity index (χ0) is 13.8. The van der Waals surface area contributed by atoms with Crippen molar-refractivity contribution in [2.24, 2.45) is 5.92 Å². The molecular weight excluding hydrogens is 234 g/mol. The van der Waals surface area contributed by atoms with Gasteiger partial charge in [0.05, 0.1) is 13.2 Å². The zero-order valence-corrected chi connectivity index (χ0v) is 13.3. The second-order valence-corrected chi connectivity index (χ2v) is 6.12. The first-order chi connectivity index (χ1) is 9.36. The van der Waals surface area contributed by atoms with Gasteiger partial charge in [-0.3, -0.25) is 4.90 Å². The third-order valence-electron chi connectivity index (χ3n) is 4.30. The summed E-state index contributed by atoms with van der Waals surface area (Å²) in [6.45, 7) is 10.1. The first-order valence-electron chi connectivity index (χ1n) is 8.66. The van der Waals surface area contributed by atoms with E-state index in [1.165, 1.54) is 64.3 Å². The van der Waals surface area contributed by atoms with Gasteiger partial charge in [0.25, 0.3) is 0 Å². The number of hydrogen-bond donors (Lipinski definition) is 0. The van der Waals surface area contributed by atoms with Gasteiger partial charge >= 0.3 is 0 Å². The van der Waals surface area contributed by atoms with Crippen LogP contribution in [0.2, 0.25) is 0 Å². The van der Waals surface area contributed by atoms with Crippen LogP contribution in [0.25, 0.3) is 0 Å². The van der Waals surface area contributed by atoms with Crippen molar-refractivity contribution in [2.75, 3.05) is 32.8 Å². The van der Waals surface area contributed by atoms with Crippen molar-refractivity contribution >= 4 is 0 Å². The number of hydrogen-bond acceptors (Lipinski definition) is 2. The van der Waals surface area contributed by atoms with Crippen molar-refractivity contribution in [3.8, 4) is 0 Å². The number of nitrogens with zero attached hydrogens (tertiary/aromatic N) is 1. The fourth-order valence-electron chi connectivity index (χ4n) is 3.02. The van der Waals surface area contributed by atoms with E-state index in [4.69, 9.17) is 4.74 Å². The molecule has 114 valence electrons. The third kappa shape index (κ3) is 8.65. The van der Waals surface area contributed by atoms with Crippen LogP contribution >= 0.6 is 0 Å². The van der Waals surface area contributed by atoms with E-state index >= 15 is 0 Å². The van der Waals surface area contributed by atoms with Crippen molar-refractivity contribution in [3.63, 3.8) is 0 Å². The highest BCUT2D eigenvalue weighted by molar-refractivity contribution is 4.69. The van der Waals surface area contributed by atoms with E-state index in [9.17, 15) is 0 Å². The van der Waals surface area contributed by atoms with Gasteiger partial charge in [-0.15, -0.1) is 0 Å². The van der Waals surface area contributed by atoms with Gasteiger partial charge in [0.2, 0.25) is 0 Å². The summed E-state index contributed by atoms with van der Waals surface area (Å²) in [4.78, 5) is 2.62. The van der Waals surface area contributed by atoms with Gasteiger partial charge < -0.3 is 4.74 Å². The Kier molecular flexibility index (Phi) is 10.5. The van der Waals surface area contributed by atoms with Crippen LogP contribution in [0.4, 0.5) is 0 Å². The van der Waals surface area contributed by atoms with Gasteiger partial charge in [-0.1, -0.05) is 58.8 Å². The summed E-state index contributed by atoms with van der Waals surface area (Å²) in [5.41, 5.74) is 0. The van der Waals surface area contributed by atoms with Gasteiger partial charge in [-0.05, 0) is 18.8 Å². The molecule has 0 aliphatic carbocycles. The minimum atomic E-state index is 0.932. The van der Waals surface area contributed by atoms with E-state index in [1.807, 2.05) is 0 Å². The van der Waals surface area contributed by atoms with Crippen LogP contribution in [0.15, 0.2) is 0 Å². The molecule has 1 saturated heterocycles. The molecule has 0 N–H and O–H groups in total. The van der Waals surface area contributed by atoms with Crippen molar-refractivity contribution in [1.29, 1.82) is 0 Å². The molecule has 0 aromatic rings. The van der Waals surface area contributed by atoms with Crippen LogP contribution in [0, 0.1) is 5.92 Å². The average Bonchev–Trinajstić information content (AvgIpc) is 2.44. The Morgan fingerprint density at radius 1 is 0.842 bits per heavy atom. The molecule has 1 aliphatic heterocycles. The van der Waals surface area contributed by atoms with Crippen LogP contribution < -0.4 is 0 Å². The van der Waals surface area contributed by atoms with Crippen molar-refractivity contribution < 1.29 is 4.74 Å². The SMILES string of the molecule is CCCCCCC(CCCCC)CN1CCOCC1. The molecule has 0 spiro atoms. The maximum absolute atomic E-state index is 5.45. The highest BCUT2D eigenvalue weighted by Gasteiger charge is 2.16. The molecule has 1 atom stereocenters. The lowest BCUT2D eigenvalue weighted by Crippen LogP contribution is -2.39. The minimum Gasteiger partial charge on any atom is -0.379 e. The summed E-state index contributed by atoms with van der Waals surface area (Å²) in [5.74, 6) is 0.932. The first kappa shape index (κ1) is 17.0. The van der Waals surface area contributed by atoms with Gasteiger partial charge in [-0.25, -0.2) is 0 Å². The second-order valence-electron chi connectivity index (χ2n) is 6.12. The van der Waals surface area contributed by atoms with E-state index in [2.05, 4.69) is 18.7 Å². The third-order valence-corrected chi connectivity index (χ3v) is 4.30. The van der Waals surface area contributed by atoms with E-state index in [-0.39, 0.29) is 0 Å². The maximum Gasteiger partial charge on any atom is 0.0594 e. The summed E-state index contributed by atoms with van der Waals surface area (Å²) in [6, 6.07) is 0. The zero-order valence-electron chi connectivity index (χ0n) is 13.3. The lowest BCUT2D eigenvalue weighted by Gasteiger charge is -2.30. The fraction of sp³-hybridized carbons (Fsp3) is 1.00. The van der Waals surface area contributed by atoms with E-state index < -0.39 is 0 Å². The molecule has 2 heteroatoms. The van der Waals surface area contributed by atoms with Crippen LogP contribution in [0.3, 0.4) is 0 Å². The average molecular weight is 269 g/mol. The molecule has 1 unspecified atom stereocenters. The topological polar surface area (TPSA) is 12.5 Å². The number of rotatable bonds is 11. The summed E-state index contributed by atoms with van der Waals surface area (Å²) in [6.07, 6.45) is 12.7. The molecule has 19 heavy (non-hydrogen) atoms. The Balaban J connectivity index is 2.21. The predicted octanol–water partition coefficient (Wildman–Crippen LogP) is 4.49. The molecule has 1 rings (SSSR count). The minimum absolute atomic E-state index is 0.932. The van der Waals surface area contributed by atoms with Gasteiger partial charge in [-0.2, -0.15) is 0 Å². The standard InChI is InChI=1S/C17H35NO/c1-3-5-7-9-11-17(10-8-6-4-2)16-18-12-14-19-15-13-18/h17H,3-16H2,1-2H3. The summed E-state index contributed by atoms with van der Waals surface area (Å²) < 4.78 is 5.45. The monoisotopic (exact) mass is 269 g/mol. The summed E-state index contributed by atoms with van der Waals surface area (Å²) >= 11 is 0. The van der Waals surface area contributed by atoms with Crippen LogP contribution in [0.5, 0.6) is 0 Å². The van der Waals surface area contributed by atoms with E-state index in [0.29, 0.717) is 0 Å². The van der Waals surface area contributed by atoms with Crippen LogP contribution in [-0.4, -0.2) is 37.7 Å². The number of ether oxygens (including phenoxy) is 1. The summed E-state index contributed by atoms with van der Waals surface area (Å²) in [5, 5.41) is 0. The molecule has 0 aromatic carbocycles. The van der Waals surface area contributed by atoms with E-state index in [1.54, 1.807) is 0 Å². The number of unbranched alkanes of at least 4 members (excludes halogenated alkanes) is 5. The lowest BCUT2D eigenvalue weighted by molar-refractivity contribution is 0.0290. The molecule has 0 bridgehead atoms. The number of morpholine rings is 1. The molecule has 1 fully saturated rings. The summed E-state index contributed by atoms with van der Waals surface area (Å²) in [7, 11) is 0. The highest BCUT2D eigenvalue weighted by Crippen LogP contribution is 2.19. The highest BCUT2D eigenvalue weighted by atomic mass is 16.5. The molecule has 1 heterocycles. The van der Waals surface area contributed by atoms with Crippen molar-refractivity contribution in [2.45, 2.75) is 71.6 Å². The Morgan fingerprint density at radius 3 is 2.05 bits per heavy atom. The van der Waals surface area contributed by atoms with Crippen LogP contribution in [0.1, 0.15) is 71.6 Å². The van der Waals surface area contributed by atoms with Crippen molar-refractivity contribution in [1.82, 2.24) is 4.90 Å². The Labute approximate surface area is 120 Å².